The fourth-order valence-electron chi connectivity index (χ4n) is 2.58. The van der Waals surface area contributed by atoms with Crippen molar-refractivity contribution < 1.29 is 13.9 Å². The van der Waals surface area contributed by atoms with E-state index in [0.29, 0.717) is 12.1 Å². The lowest BCUT2D eigenvalue weighted by Crippen LogP contribution is -2.27. The van der Waals surface area contributed by atoms with Crippen molar-refractivity contribution in [1.82, 2.24) is 4.90 Å². The van der Waals surface area contributed by atoms with Gasteiger partial charge in [0.25, 0.3) is 0 Å². The maximum Gasteiger partial charge on any atom is 0.123 e. The highest BCUT2D eigenvalue weighted by atomic mass is 19.1. The Morgan fingerprint density at radius 1 is 1.35 bits per heavy atom. The molecule has 0 bridgehead atoms. The Morgan fingerprint density at radius 2 is 1.95 bits per heavy atom. The van der Waals surface area contributed by atoms with Crippen LogP contribution < -0.4 is 5.73 Å². The Labute approximate surface area is 118 Å². The van der Waals surface area contributed by atoms with Crippen molar-refractivity contribution in [2.24, 2.45) is 5.73 Å². The minimum absolute atomic E-state index is 0.0289. The van der Waals surface area contributed by atoms with Crippen molar-refractivity contribution >= 4 is 5.84 Å². The van der Waals surface area contributed by atoms with Gasteiger partial charge in [0.2, 0.25) is 0 Å². The zero-order valence-corrected chi connectivity index (χ0v) is 11.7. The van der Waals surface area contributed by atoms with Gasteiger partial charge in [0, 0.05) is 39.4 Å². The summed E-state index contributed by atoms with van der Waals surface area (Å²) in [5, 5.41) is 7.54. The number of ether oxygens (including phenoxy) is 2. The molecular weight excluding hydrogens is 261 g/mol. The second-order valence-corrected chi connectivity index (χ2v) is 4.96. The molecule has 0 aliphatic carbocycles. The second kappa shape index (κ2) is 6.30. The average molecular weight is 281 g/mol. The van der Waals surface area contributed by atoms with Gasteiger partial charge in [0.15, 0.2) is 0 Å². The van der Waals surface area contributed by atoms with Crippen LogP contribution in [0.15, 0.2) is 18.2 Å². The largest absolute Gasteiger partial charge is 0.384 e. The summed E-state index contributed by atoms with van der Waals surface area (Å²) in [5.41, 5.74) is 6.80. The Bertz CT molecular complexity index is 483. The summed E-state index contributed by atoms with van der Waals surface area (Å²) in [6, 6.07) is 4.36. The van der Waals surface area contributed by atoms with E-state index >= 15 is 0 Å². The van der Waals surface area contributed by atoms with Crippen LogP contribution in [0.25, 0.3) is 0 Å². The van der Waals surface area contributed by atoms with Gasteiger partial charge < -0.3 is 15.2 Å². The molecule has 1 aromatic carbocycles. The van der Waals surface area contributed by atoms with Gasteiger partial charge in [-0.2, -0.15) is 0 Å². The average Bonchev–Trinajstić information content (AvgIpc) is 2.82. The van der Waals surface area contributed by atoms with Gasteiger partial charge in [0.1, 0.15) is 11.7 Å². The molecule has 0 saturated carbocycles. The molecule has 0 spiro atoms. The summed E-state index contributed by atoms with van der Waals surface area (Å²) < 4.78 is 24.0. The lowest BCUT2D eigenvalue weighted by Gasteiger charge is -2.17. The molecule has 1 heterocycles. The smallest absolute Gasteiger partial charge is 0.123 e. The number of halogens is 1. The molecule has 1 aliphatic rings. The zero-order valence-electron chi connectivity index (χ0n) is 11.7. The van der Waals surface area contributed by atoms with Gasteiger partial charge >= 0.3 is 0 Å². The van der Waals surface area contributed by atoms with E-state index in [1.807, 2.05) is 0 Å². The van der Waals surface area contributed by atoms with Crippen LogP contribution in [0.2, 0.25) is 0 Å². The van der Waals surface area contributed by atoms with Crippen LogP contribution in [0.4, 0.5) is 4.39 Å². The van der Waals surface area contributed by atoms with E-state index in [4.69, 9.17) is 20.6 Å². The van der Waals surface area contributed by atoms with Gasteiger partial charge in [0.05, 0.1) is 12.2 Å². The Kier molecular flexibility index (Phi) is 4.69. The first-order chi connectivity index (χ1) is 9.55. The molecule has 3 N–H and O–H groups in total. The third-order valence-corrected chi connectivity index (χ3v) is 3.65. The first kappa shape index (κ1) is 14.9. The number of hydrogen-bond donors (Lipinski definition) is 2. The van der Waals surface area contributed by atoms with E-state index in [-0.39, 0.29) is 23.9 Å². The molecule has 1 saturated heterocycles. The van der Waals surface area contributed by atoms with Crippen molar-refractivity contribution in [3.8, 4) is 0 Å². The summed E-state index contributed by atoms with van der Waals surface area (Å²) in [6.07, 6.45) is 0.0578. The SMILES string of the molecule is COC1CN(Cc2ccc(F)cc2C(=N)N)CC1OC. The molecule has 0 amide bonds. The Balaban J connectivity index is 2.13. The second-order valence-electron chi connectivity index (χ2n) is 4.96. The summed E-state index contributed by atoms with van der Waals surface area (Å²) >= 11 is 0. The predicted molar refractivity (Wildman–Crippen MR) is 74.3 cm³/mol. The van der Waals surface area contributed by atoms with Crippen LogP contribution in [0.5, 0.6) is 0 Å². The fraction of sp³-hybridized carbons (Fsp3) is 0.500. The minimum Gasteiger partial charge on any atom is -0.384 e. The molecule has 2 atom stereocenters. The van der Waals surface area contributed by atoms with Gasteiger partial charge in [-0.05, 0) is 17.7 Å². The molecule has 2 rings (SSSR count). The Morgan fingerprint density at radius 3 is 2.45 bits per heavy atom. The van der Waals surface area contributed by atoms with E-state index in [2.05, 4.69) is 4.90 Å². The van der Waals surface area contributed by atoms with E-state index in [9.17, 15) is 4.39 Å². The predicted octanol–water partition coefficient (Wildman–Crippen LogP) is 0.955. The molecule has 20 heavy (non-hydrogen) atoms. The van der Waals surface area contributed by atoms with Crippen LogP contribution in [-0.4, -0.2) is 50.3 Å². The molecule has 6 heteroatoms. The number of hydrogen-bond acceptors (Lipinski definition) is 4. The van der Waals surface area contributed by atoms with Crippen molar-refractivity contribution in [2.45, 2.75) is 18.8 Å². The normalized spacial score (nSPS) is 23.1. The molecule has 1 fully saturated rings. The fourth-order valence-corrected chi connectivity index (χ4v) is 2.58. The maximum atomic E-state index is 13.2. The topological polar surface area (TPSA) is 71.6 Å². The van der Waals surface area contributed by atoms with Crippen LogP contribution >= 0.6 is 0 Å². The standard InChI is InChI=1S/C14H20FN3O2/c1-19-12-7-18(8-13(12)20-2)6-9-3-4-10(15)5-11(9)14(16)17/h3-5,12-13H,6-8H2,1-2H3,(H3,16,17). The molecule has 2 unspecified atom stereocenters. The number of benzene rings is 1. The summed E-state index contributed by atoms with van der Waals surface area (Å²) in [6.45, 7) is 2.07. The van der Waals surface area contributed by atoms with Crippen molar-refractivity contribution in [3.05, 3.63) is 35.1 Å². The number of nitrogen functional groups attached to an aromatic ring is 1. The third kappa shape index (κ3) is 3.15. The molecule has 0 radical (unpaired) electrons. The first-order valence-corrected chi connectivity index (χ1v) is 6.46. The number of likely N-dealkylation sites (tertiary alicyclic amines) is 1. The zero-order chi connectivity index (χ0) is 14.7. The van der Waals surface area contributed by atoms with Crippen LogP contribution in [-0.2, 0) is 16.0 Å². The van der Waals surface area contributed by atoms with E-state index < -0.39 is 0 Å². The highest BCUT2D eigenvalue weighted by molar-refractivity contribution is 5.96. The van der Waals surface area contributed by atoms with E-state index in [0.717, 1.165) is 18.7 Å². The Hall–Kier alpha value is -1.50. The summed E-state index contributed by atoms with van der Waals surface area (Å²) in [5.74, 6) is -0.504. The number of nitrogens with one attached hydrogen (secondary N) is 1. The minimum atomic E-state index is -0.384. The quantitative estimate of drug-likeness (QED) is 0.623. The summed E-state index contributed by atoms with van der Waals surface area (Å²) in [4.78, 5) is 2.15. The molecule has 1 aliphatic heterocycles. The molecule has 110 valence electrons. The number of nitrogens with zero attached hydrogens (tertiary/aromatic N) is 1. The van der Waals surface area contributed by atoms with E-state index in [1.165, 1.54) is 12.1 Å². The third-order valence-electron chi connectivity index (χ3n) is 3.65. The molecular formula is C14H20FN3O2. The van der Waals surface area contributed by atoms with Crippen LogP contribution in [0.1, 0.15) is 11.1 Å². The maximum absolute atomic E-state index is 13.2. The van der Waals surface area contributed by atoms with Crippen molar-refractivity contribution in [3.63, 3.8) is 0 Å². The number of nitrogens with two attached hydrogens (primary N) is 1. The molecule has 1 aromatic rings. The monoisotopic (exact) mass is 281 g/mol. The number of rotatable bonds is 5. The van der Waals surface area contributed by atoms with Crippen LogP contribution in [0, 0.1) is 11.2 Å². The van der Waals surface area contributed by atoms with Crippen molar-refractivity contribution in [1.29, 1.82) is 5.41 Å². The van der Waals surface area contributed by atoms with Gasteiger partial charge in [-0.1, -0.05) is 6.07 Å². The first-order valence-electron chi connectivity index (χ1n) is 6.46. The number of methoxy groups -OCH3 is 2. The lowest BCUT2D eigenvalue weighted by molar-refractivity contribution is -0.00461. The van der Waals surface area contributed by atoms with Crippen molar-refractivity contribution in [2.75, 3.05) is 27.3 Å². The van der Waals surface area contributed by atoms with Crippen LogP contribution in [0.3, 0.4) is 0 Å². The van der Waals surface area contributed by atoms with Gasteiger partial charge in [-0.3, -0.25) is 10.3 Å². The highest BCUT2D eigenvalue weighted by Crippen LogP contribution is 2.20. The molecule has 5 nitrogen and oxygen atoms in total. The highest BCUT2D eigenvalue weighted by Gasteiger charge is 2.33. The van der Waals surface area contributed by atoms with E-state index in [1.54, 1.807) is 20.3 Å². The van der Waals surface area contributed by atoms with Gasteiger partial charge in [-0.15, -0.1) is 0 Å². The van der Waals surface area contributed by atoms with Gasteiger partial charge in [-0.25, -0.2) is 4.39 Å². The summed E-state index contributed by atoms with van der Waals surface area (Å²) in [7, 11) is 3.33. The lowest BCUT2D eigenvalue weighted by atomic mass is 10.1. The molecule has 0 aromatic heterocycles. The number of amidine groups is 1.